The van der Waals surface area contributed by atoms with E-state index < -0.39 is 0 Å². The van der Waals surface area contributed by atoms with Gasteiger partial charge in [0.15, 0.2) is 0 Å². The first-order valence-corrected chi connectivity index (χ1v) is 8.98. The van der Waals surface area contributed by atoms with Crippen LogP contribution in [0.4, 0.5) is 5.69 Å². The standard InChI is InChI=1S/C21H20N2OS/c22-16-6-8-17(9-7-16)23-20-4-2-1-3-18(20)19-13-15(5-10-21(19)23)14-24-11-12-25/h1-10,13,25H,11-12,14,22H2. The molecule has 3 aromatic carbocycles. The van der Waals surface area contributed by atoms with Gasteiger partial charge in [-0.25, -0.2) is 0 Å². The summed E-state index contributed by atoms with van der Waals surface area (Å²) in [6.45, 7) is 1.27. The van der Waals surface area contributed by atoms with Crippen molar-refractivity contribution in [1.82, 2.24) is 4.57 Å². The number of rotatable bonds is 5. The topological polar surface area (TPSA) is 40.2 Å². The summed E-state index contributed by atoms with van der Waals surface area (Å²) in [7, 11) is 0. The number of fused-ring (bicyclic) bond motifs is 3. The quantitative estimate of drug-likeness (QED) is 0.309. The van der Waals surface area contributed by atoms with E-state index in [2.05, 4.69) is 71.8 Å². The predicted molar refractivity (Wildman–Crippen MR) is 109 cm³/mol. The second kappa shape index (κ2) is 6.82. The Morgan fingerprint density at radius 2 is 1.64 bits per heavy atom. The molecule has 0 saturated heterocycles. The van der Waals surface area contributed by atoms with Crippen molar-refractivity contribution in [3.05, 3.63) is 72.3 Å². The molecule has 1 heterocycles. The van der Waals surface area contributed by atoms with Gasteiger partial charge in [-0.3, -0.25) is 0 Å². The summed E-state index contributed by atoms with van der Waals surface area (Å²) in [5, 5.41) is 2.48. The van der Waals surface area contributed by atoms with Crippen LogP contribution in [0.15, 0.2) is 66.7 Å². The van der Waals surface area contributed by atoms with Gasteiger partial charge in [-0.15, -0.1) is 0 Å². The summed E-state index contributed by atoms with van der Waals surface area (Å²) in [4.78, 5) is 0. The third-order valence-electron chi connectivity index (χ3n) is 4.39. The van der Waals surface area contributed by atoms with Crippen LogP contribution in [-0.2, 0) is 11.3 Å². The van der Waals surface area contributed by atoms with Crippen molar-refractivity contribution in [2.75, 3.05) is 18.1 Å². The molecule has 0 bridgehead atoms. The highest BCUT2D eigenvalue weighted by molar-refractivity contribution is 7.80. The van der Waals surface area contributed by atoms with Gasteiger partial charge < -0.3 is 15.0 Å². The molecule has 0 aliphatic rings. The molecular weight excluding hydrogens is 328 g/mol. The third-order valence-corrected chi connectivity index (χ3v) is 4.58. The van der Waals surface area contributed by atoms with Crippen LogP contribution in [0.2, 0.25) is 0 Å². The molecule has 1 aromatic heterocycles. The van der Waals surface area contributed by atoms with E-state index in [1.54, 1.807) is 0 Å². The minimum atomic E-state index is 0.609. The van der Waals surface area contributed by atoms with Crippen LogP contribution in [0.3, 0.4) is 0 Å². The van der Waals surface area contributed by atoms with E-state index in [0.717, 1.165) is 17.1 Å². The van der Waals surface area contributed by atoms with Gasteiger partial charge in [-0.2, -0.15) is 12.6 Å². The zero-order valence-corrected chi connectivity index (χ0v) is 14.7. The fourth-order valence-corrected chi connectivity index (χ4v) is 3.40. The predicted octanol–water partition coefficient (Wildman–Crippen LogP) is 4.81. The number of benzene rings is 3. The Hall–Kier alpha value is -2.43. The largest absolute Gasteiger partial charge is 0.399 e. The molecule has 0 aliphatic carbocycles. The minimum absolute atomic E-state index is 0.609. The summed E-state index contributed by atoms with van der Waals surface area (Å²) in [5.41, 5.74) is 11.3. The molecule has 0 amide bonds. The molecule has 3 nitrogen and oxygen atoms in total. The first-order chi connectivity index (χ1) is 12.3. The van der Waals surface area contributed by atoms with Gasteiger partial charge in [0.2, 0.25) is 0 Å². The number of aromatic nitrogens is 1. The molecule has 4 rings (SSSR count). The highest BCUT2D eigenvalue weighted by Crippen LogP contribution is 2.32. The number of hydrogen-bond acceptors (Lipinski definition) is 3. The van der Waals surface area contributed by atoms with Crippen LogP contribution < -0.4 is 5.73 Å². The van der Waals surface area contributed by atoms with Crippen LogP contribution in [0.25, 0.3) is 27.5 Å². The molecule has 0 unspecified atom stereocenters. The fraction of sp³-hybridized carbons (Fsp3) is 0.143. The molecule has 25 heavy (non-hydrogen) atoms. The molecule has 0 saturated carbocycles. The number of para-hydroxylation sites is 1. The maximum absolute atomic E-state index is 5.85. The molecule has 0 radical (unpaired) electrons. The van der Waals surface area contributed by atoms with E-state index in [-0.39, 0.29) is 0 Å². The first kappa shape index (κ1) is 16.1. The van der Waals surface area contributed by atoms with Gasteiger partial charge in [0, 0.05) is 27.9 Å². The molecule has 4 heteroatoms. The SMILES string of the molecule is Nc1ccc(-n2c3ccccc3c3cc(COCCS)ccc32)cc1. The van der Waals surface area contributed by atoms with E-state index >= 15 is 0 Å². The van der Waals surface area contributed by atoms with Crippen molar-refractivity contribution in [3.8, 4) is 5.69 Å². The Bertz CT molecular complexity index is 1020. The van der Waals surface area contributed by atoms with Crippen LogP contribution in [0.5, 0.6) is 0 Å². The van der Waals surface area contributed by atoms with Gasteiger partial charge in [-0.05, 0) is 48.0 Å². The van der Waals surface area contributed by atoms with Crippen molar-refractivity contribution >= 4 is 40.1 Å². The normalized spacial score (nSPS) is 11.4. The lowest BCUT2D eigenvalue weighted by Crippen LogP contribution is -1.97. The molecule has 126 valence electrons. The highest BCUT2D eigenvalue weighted by Gasteiger charge is 2.12. The Morgan fingerprint density at radius 1 is 0.880 bits per heavy atom. The minimum Gasteiger partial charge on any atom is -0.399 e. The third kappa shape index (κ3) is 2.99. The van der Waals surface area contributed by atoms with Crippen LogP contribution >= 0.6 is 12.6 Å². The van der Waals surface area contributed by atoms with Crippen molar-refractivity contribution in [2.45, 2.75) is 6.61 Å². The van der Waals surface area contributed by atoms with Crippen molar-refractivity contribution in [2.24, 2.45) is 0 Å². The monoisotopic (exact) mass is 348 g/mol. The van der Waals surface area contributed by atoms with E-state index in [9.17, 15) is 0 Å². The number of nitrogens with zero attached hydrogens (tertiary/aromatic N) is 1. The maximum atomic E-state index is 5.85. The number of ether oxygens (including phenoxy) is 1. The second-order valence-electron chi connectivity index (χ2n) is 6.07. The van der Waals surface area contributed by atoms with Gasteiger partial charge in [0.05, 0.1) is 24.2 Å². The highest BCUT2D eigenvalue weighted by atomic mass is 32.1. The summed E-state index contributed by atoms with van der Waals surface area (Å²) in [6.07, 6.45) is 0. The average Bonchev–Trinajstić information content (AvgIpc) is 2.97. The van der Waals surface area contributed by atoms with Crippen molar-refractivity contribution in [3.63, 3.8) is 0 Å². The number of hydrogen-bond donors (Lipinski definition) is 2. The van der Waals surface area contributed by atoms with Gasteiger partial charge in [0.25, 0.3) is 0 Å². The Labute approximate surface area is 152 Å². The summed E-state index contributed by atoms with van der Waals surface area (Å²) >= 11 is 4.19. The lowest BCUT2D eigenvalue weighted by molar-refractivity contribution is 0.137. The molecule has 0 aliphatic heterocycles. The summed E-state index contributed by atoms with van der Waals surface area (Å²) in [5.74, 6) is 0.735. The smallest absolute Gasteiger partial charge is 0.0717 e. The van der Waals surface area contributed by atoms with Crippen LogP contribution in [0.1, 0.15) is 5.56 Å². The lowest BCUT2D eigenvalue weighted by Gasteiger charge is -2.08. The summed E-state index contributed by atoms with van der Waals surface area (Å²) < 4.78 is 7.92. The Balaban J connectivity index is 1.90. The van der Waals surface area contributed by atoms with Gasteiger partial charge in [-0.1, -0.05) is 24.3 Å². The van der Waals surface area contributed by atoms with Crippen LogP contribution in [-0.4, -0.2) is 16.9 Å². The van der Waals surface area contributed by atoms with Gasteiger partial charge in [0.1, 0.15) is 0 Å². The van der Waals surface area contributed by atoms with E-state index in [0.29, 0.717) is 13.2 Å². The fourth-order valence-electron chi connectivity index (χ4n) is 3.27. The zero-order valence-electron chi connectivity index (χ0n) is 13.9. The van der Waals surface area contributed by atoms with E-state index in [1.807, 2.05) is 12.1 Å². The molecular formula is C21H20N2OS. The lowest BCUT2D eigenvalue weighted by atomic mass is 10.1. The van der Waals surface area contributed by atoms with Gasteiger partial charge >= 0.3 is 0 Å². The number of nitrogen functional groups attached to an aromatic ring is 1. The maximum Gasteiger partial charge on any atom is 0.0717 e. The average molecular weight is 348 g/mol. The second-order valence-corrected chi connectivity index (χ2v) is 6.52. The molecule has 0 atom stereocenters. The number of nitrogens with two attached hydrogens (primary N) is 1. The van der Waals surface area contributed by atoms with E-state index in [1.165, 1.54) is 27.4 Å². The van der Waals surface area contributed by atoms with Crippen molar-refractivity contribution < 1.29 is 4.74 Å². The molecule has 0 spiro atoms. The molecule has 2 N–H and O–H groups in total. The number of thiol groups is 1. The van der Waals surface area contributed by atoms with Crippen molar-refractivity contribution in [1.29, 1.82) is 0 Å². The molecule has 4 aromatic rings. The summed E-state index contributed by atoms with van der Waals surface area (Å²) in [6, 6.07) is 23.0. The van der Waals surface area contributed by atoms with Crippen LogP contribution in [0, 0.1) is 0 Å². The van der Waals surface area contributed by atoms with E-state index in [4.69, 9.17) is 10.5 Å². The Kier molecular flexibility index (Phi) is 4.38. The number of anilines is 1. The Morgan fingerprint density at radius 3 is 2.44 bits per heavy atom. The molecule has 0 fully saturated rings. The first-order valence-electron chi connectivity index (χ1n) is 8.34. The zero-order chi connectivity index (χ0) is 17.2.